The van der Waals surface area contributed by atoms with Crippen molar-refractivity contribution in [3.05, 3.63) is 39.2 Å². The summed E-state index contributed by atoms with van der Waals surface area (Å²) in [4.78, 5) is 23.3. The molecule has 0 aliphatic carbocycles. The van der Waals surface area contributed by atoms with Crippen LogP contribution in [-0.4, -0.2) is 31.7 Å². The Balaban J connectivity index is 1.91. The van der Waals surface area contributed by atoms with E-state index in [9.17, 15) is 9.59 Å². The minimum atomic E-state index is -0.803. The highest BCUT2D eigenvalue weighted by Gasteiger charge is 2.18. The van der Waals surface area contributed by atoms with Gasteiger partial charge in [-0.1, -0.05) is 34.8 Å². The third-order valence-electron chi connectivity index (χ3n) is 2.46. The van der Waals surface area contributed by atoms with Crippen LogP contribution in [0, 0.1) is 0 Å². The summed E-state index contributed by atoms with van der Waals surface area (Å²) in [5.74, 6) is -1.51. The highest BCUT2D eigenvalue weighted by Crippen LogP contribution is 2.33. The molecule has 1 aliphatic rings. The summed E-state index contributed by atoms with van der Waals surface area (Å²) in [6, 6.07) is 2.85. The molecule has 0 unspecified atom stereocenters. The van der Waals surface area contributed by atoms with E-state index < -0.39 is 18.5 Å². The Morgan fingerprint density at radius 3 is 2.45 bits per heavy atom. The molecular weight excluding hydrogens is 357 g/mol. The Bertz CT molecular complexity index is 609. The van der Waals surface area contributed by atoms with E-state index in [-0.39, 0.29) is 28.1 Å². The second kappa shape index (κ2) is 7.58. The second-order valence-electron chi connectivity index (χ2n) is 4.07. The number of esters is 1. The van der Waals surface area contributed by atoms with E-state index in [1.165, 1.54) is 12.1 Å². The van der Waals surface area contributed by atoms with Gasteiger partial charge in [-0.3, -0.25) is 4.79 Å². The fourth-order valence-electron chi connectivity index (χ4n) is 1.51. The first-order chi connectivity index (χ1) is 10.5. The van der Waals surface area contributed by atoms with Crippen molar-refractivity contribution < 1.29 is 23.8 Å². The van der Waals surface area contributed by atoms with Gasteiger partial charge in [-0.05, 0) is 12.1 Å². The first-order valence-electron chi connectivity index (χ1n) is 6.03. The Morgan fingerprint density at radius 2 is 1.86 bits per heavy atom. The average Bonchev–Trinajstić information content (AvgIpc) is 2.49. The fraction of sp³-hybridized carbons (Fsp3) is 0.231. The van der Waals surface area contributed by atoms with Gasteiger partial charge in [0.2, 0.25) is 5.76 Å². The number of benzene rings is 1. The Kier molecular flexibility index (Phi) is 5.76. The molecule has 22 heavy (non-hydrogen) atoms. The maximum atomic E-state index is 11.8. The van der Waals surface area contributed by atoms with Crippen LogP contribution in [0.3, 0.4) is 0 Å². The van der Waals surface area contributed by atoms with E-state index in [1.54, 1.807) is 0 Å². The van der Waals surface area contributed by atoms with Gasteiger partial charge in [-0.2, -0.15) is 0 Å². The van der Waals surface area contributed by atoms with Gasteiger partial charge in [0.25, 0.3) is 5.91 Å². The van der Waals surface area contributed by atoms with Gasteiger partial charge in [0.1, 0.15) is 19.5 Å². The molecule has 1 aromatic rings. The number of carbonyl (C=O) groups excluding carboxylic acids is 2. The van der Waals surface area contributed by atoms with Crippen molar-refractivity contribution in [2.24, 2.45) is 0 Å². The van der Waals surface area contributed by atoms with E-state index in [1.807, 2.05) is 0 Å². The van der Waals surface area contributed by atoms with E-state index in [0.717, 1.165) is 6.26 Å². The van der Waals surface area contributed by atoms with Crippen LogP contribution >= 0.6 is 34.8 Å². The maximum Gasteiger partial charge on any atom is 0.377 e. The van der Waals surface area contributed by atoms with E-state index in [0.29, 0.717) is 11.6 Å². The molecule has 1 N–H and O–H groups in total. The summed E-state index contributed by atoms with van der Waals surface area (Å²) in [5.41, 5.74) is 0.185. The Labute approximate surface area is 140 Å². The molecule has 1 heterocycles. The van der Waals surface area contributed by atoms with Gasteiger partial charge in [0.15, 0.2) is 6.61 Å². The van der Waals surface area contributed by atoms with Crippen molar-refractivity contribution in [1.82, 2.24) is 0 Å². The number of rotatable bonds is 4. The molecule has 0 saturated heterocycles. The smallest absolute Gasteiger partial charge is 0.377 e. The number of amides is 1. The van der Waals surface area contributed by atoms with Crippen LogP contribution in [0.25, 0.3) is 0 Å². The van der Waals surface area contributed by atoms with Gasteiger partial charge in [-0.25, -0.2) is 4.79 Å². The zero-order valence-electron chi connectivity index (χ0n) is 11.0. The van der Waals surface area contributed by atoms with Crippen molar-refractivity contribution >= 4 is 52.4 Å². The van der Waals surface area contributed by atoms with Gasteiger partial charge in [0.05, 0.1) is 15.7 Å². The number of ether oxygens (including phenoxy) is 3. The third kappa shape index (κ3) is 4.43. The van der Waals surface area contributed by atoms with Crippen LogP contribution in [-0.2, 0) is 23.8 Å². The lowest BCUT2D eigenvalue weighted by molar-refractivity contribution is -0.148. The van der Waals surface area contributed by atoms with Crippen molar-refractivity contribution in [2.75, 3.05) is 25.1 Å². The lowest BCUT2D eigenvalue weighted by Crippen LogP contribution is -2.24. The van der Waals surface area contributed by atoms with Gasteiger partial charge in [-0.15, -0.1) is 0 Å². The van der Waals surface area contributed by atoms with Crippen molar-refractivity contribution in [1.29, 1.82) is 0 Å². The molecule has 6 nitrogen and oxygen atoms in total. The monoisotopic (exact) mass is 365 g/mol. The molecule has 0 radical (unpaired) electrons. The largest absolute Gasteiger partial charge is 0.493 e. The molecule has 0 saturated carbocycles. The van der Waals surface area contributed by atoms with Crippen LogP contribution in [0.1, 0.15) is 0 Å². The molecular formula is C13H10Cl3NO5. The van der Waals surface area contributed by atoms with E-state index >= 15 is 0 Å². The summed E-state index contributed by atoms with van der Waals surface area (Å²) >= 11 is 17.6. The molecule has 1 aromatic carbocycles. The topological polar surface area (TPSA) is 73.9 Å². The number of anilines is 1. The number of hydrogen-bond acceptors (Lipinski definition) is 5. The van der Waals surface area contributed by atoms with E-state index in [4.69, 9.17) is 49.0 Å². The third-order valence-corrected chi connectivity index (χ3v) is 3.27. The maximum absolute atomic E-state index is 11.8. The summed E-state index contributed by atoms with van der Waals surface area (Å²) in [6.07, 6.45) is 1.14. The average molecular weight is 367 g/mol. The standard InChI is InChI=1S/C13H10Cl3NO5/c14-7-3-8(15)12(9(16)4-7)17-11(18)6-22-13(19)10-5-20-1-2-21-10/h3-5H,1-2,6H2,(H,17,18). The predicted octanol–water partition coefficient (Wildman–Crippen LogP) is 3.02. The number of halogens is 3. The summed E-state index contributed by atoms with van der Waals surface area (Å²) < 4.78 is 14.7. The molecule has 0 aromatic heterocycles. The fourth-order valence-corrected chi connectivity index (χ4v) is 2.43. The Hall–Kier alpha value is -1.63. The van der Waals surface area contributed by atoms with Crippen LogP contribution in [0.15, 0.2) is 24.2 Å². The molecule has 9 heteroatoms. The minimum absolute atomic E-state index is 0.0957. The molecule has 0 atom stereocenters. The zero-order chi connectivity index (χ0) is 16.1. The highest BCUT2D eigenvalue weighted by atomic mass is 35.5. The highest BCUT2D eigenvalue weighted by molar-refractivity contribution is 6.42. The lowest BCUT2D eigenvalue weighted by atomic mass is 10.3. The molecule has 0 bridgehead atoms. The van der Waals surface area contributed by atoms with Crippen molar-refractivity contribution in [3.8, 4) is 0 Å². The minimum Gasteiger partial charge on any atom is -0.493 e. The second-order valence-corrected chi connectivity index (χ2v) is 5.32. The van der Waals surface area contributed by atoms with Crippen molar-refractivity contribution in [3.63, 3.8) is 0 Å². The molecule has 0 fully saturated rings. The number of hydrogen-bond donors (Lipinski definition) is 1. The quantitative estimate of drug-likeness (QED) is 0.829. The molecule has 118 valence electrons. The summed E-state index contributed by atoms with van der Waals surface area (Å²) in [5, 5.41) is 3.11. The van der Waals surface area contributed by atoms with E-state index in [2.05, 4.69) is 5.32 Å². The van der Waals surface area contributed by atoms with Crippen LogP contribution in [0.4, 0.5) is 5.69 Å². The predicted molar refractivity (Wildman–Crippen MR) is 81.0 cm³/mol. The summed E-state index contributed by atoms with van der Waals surface area (Å²) in [7, 11) is 0. The Morgan fingerprint density at radius 1 is 1.18 bits per heavy atom. The van der Waals surface area contributed by atoms with Gasteiger partial charge >= 0.3 is 5.97 Å². The van der Waals surface area contributed by atoms with Crippen LogP contribution in [0.5, 0.6) is 0 Å². The van der Waals surface area contributed by atoms with Gasteiger partial charge < -0.3 is 19.5 Å². The molecule has 2 rings (SSSR count). The first kappa shape index (κ1) is 16.7. The lowest BCUT2D eigenvalue weighted by Gasteiger charge is -2.14. The SMILES string of the molecule is O=C(COC(=O)C1=COCCO1)Nc1c(Cl)cc(Cl)cc1Cl. The zero-order valence-corrected chi connectivity index (χ0v) is 13.3. The summed E-state index contributed by atoms with van der Waals surface area (Å²) in [6.45, 7) is 0.0583. The molecule has 1 aliphatic heterocycles. The van der Waals surface area contributed by atoms with Crippen LogP contribution < -0.4 is 5.32 Å². The van der Waals surface area contributed by atoms with Gasteiger partial charge in [0, 0.05) is 5.02 Å². The first-order valence-corrected chi connectivity index (χ1v) is 7.17. The molecule has 1 amide bonds. The molecule has 0 spiro atoms. The number of carbonyl (C=O) groups is 2. The number of nitrogens with one attached hydrogen (secondary N) is 1. The normalized spacial score (nSPS) is 13.5. The van der Waals surface area contributed by atoms with Crippen molar-refractivity contribution in [2.45, 2.75) is 0 Å². The van der Waals surface area contributed by atoms with Crippen LogP contribution in [0.2, 0.25) is 15.1 Å².